The van der Waals surface area contributed by atoms with Crippen LogP contribution >= 0.6 is 0 Å². The Morgan fingerprint density at radius 3 is 2.48 bits per heavy atom. The summed E-state index contributed by atoms with van der Waals surface area (Å²) in [5.74, 6) is -0.160. The molecule has 0 radical (unpaired) electrons. The second kappa shape index (κ2) is 10.3. The number of carboxylic acids is 1. The molecule has 2 aromatic rings. The van der Waals surface area contributed by atoms with Gasteiger partial charge in [0.2, 0.25) is 0 Å². The first-order valence-corrected chi connectivity index (χ1v) is 8.46. The molecule has 0 unspecified atom stereocenters. The molecule has 0 amide bonds. The second-order valence-electron chi connectivity index (χ2n) is 5.58. The Labute approximate surface area is 148 Å². The lowest BCUT2D eigenvalue weighted by Gasteiger charge is -2.12. The molecule has 0 aliphatic carbocycles. The zero-order chi connectivity index (χ0) is 17.9. The smallest absolute Gasteiger partial charge is 0.333 e. The van der Waals surface area contributed by atoms with Gasteiger partial charge in [-0.2, -0.15) is 0 Å². The molecule has 0 spiro atoms. The second-order valence-corrected chi connectivity index (χ2v) is 5.58. The van der Waals surface area contributed by atoms with Crippen molar-refractivity contribution in [3.05, 3.63) is 71.8 Å². The molecule has 4 heteroatoms. The Morgan fingerprint density at radius 2 is 1.84 bits per heavy atom. The van der Waals surface area contributed by atoms with Crippen LogP contribution in [0.2, 0.25) is 0 Å². The van der Waals surface area contributed by atoms with Gasteiger partial charge < -0.3 is 14.6 Å². The van der Waals surface area contributed by atoms with Gasteiger partial charge in [0.15, 0.2) is 6.10 Å². The van der Waals surface area contributed by atoms with Crippen molar-refractivity contribution in [1.29, 1.82) is 0 Å². The van der Waals surface area contributed by atoms with Crippen LogP contribution < -0.4 is 4.74 Å². The van der Waals surface area contributed by atoms with Crippen LogP contribution in [0.3, 0.4) is 0 Å². The molecule has 0 aliphatic rings. The van der Waals surface area contributed by atoms with Crippen LogP contribution in [0.25, 0.3) is 6.08 Å². The number of aliphatic carboxylic acids is 1. The Bertz CT molecular complexity index is 662. The summed E-state index contributed by atoms with van der Waals surface area (Å²) in [4.78, 5) is 11.1. The van der Waals surface area contributed by atoms with E-state index in [2.05, 4.69) is 24.3 Å². The molecular formula is C21H24O4. The third kappa shape index (κ3) is 6.81. The summed E-state index contributed by atoms with van der Waals surface area (Å²) >= 11 is 0. The van der Waals surface area contributed by atoms with Crippen molar-refractivity contribution in [1.82, 2.24) is 0 Å². The number of ether oxygens (including phenoxy) is 2. The summed E-state index contributed by atoms with van der Waals surface area (Å²) in [6.07, 6.45) is 4.53. The summed E-state index contributed by atoms with van der Waals surface area (Å²) in [5.41, 5.74) is 2.09. The van der Waals surface area contributed by atoms with Gasteiger partial charge >= 0.3 is 5.97 Å². The molecule has 25 heavy (non-hydrogen) atoms. The molecule has 132 valence electrons. The predicted molar refractivity (Wildman–Crippen MR) is 98.8 cm³/mol. The average Bonchev–Trinajstić information content (AvgIpc) is 2.63. The van der Waals surface area contributed by atoms with E-state index in [0.717, 1.165) is 17.7 Å². The topological polar surface area (TPSA) is 55.8 Å². The van der Waals surface area contributed by atoms with Crippen molar-refractivity contribution in [2.24, 2.45) is 0 Å². The van der Waals surface area contributed by atoms with Gasteiger partial charge in [0, 0.05) is 13.0 Å². The van der Waals surface area contributed by atoms with Crippen molar-refractivity contribution >= 4 is 12.0 Å². The van der Waals surface area contributed by atoms with Crippen LogP contribution in [0, 0.1) is 0 Å². The Balaban J connectivity index is 1.76. The maximum atomic E-state index is 11.1. The van der Waals surface area contributed by atoms with Gasteiger partial charge in [-0.1, -0.05) is 54.6 Å². The zero-order valence-electron chi connectivity index (χ0n) is 14.4. The lowest BCUT2D eigenvalue weighted by atomic mass is 10.1. The first-order chi connectivity index (χ1) is 12.2. The number of carboxylic acid groups (broad SMARTS) is 1. The van der Waals surface area contributed by atoms with Crippen LogP contribution in [0.1, 0.15) is 24.5 Å². The van der Waals surface area contributed by atoms with E-state index in [1.807, 2.05) is 42.5 Å². The highest BCUT2D eigenvalue weighted by Gasteiger charge is 2.17. The molecule has 2 rings (SSSR count). The van der Waals surface area contributed by atoms with Crippen LogP contribution in [0.4, 0.5) is 0 Å². The minimum Gasteiger partial charge on any atom is -0.493 e. The molecule has 0 saturated carbocycles. The maximum absolute atomic E-state index is 11.1. The highest BCUT2D eigenvalue weighted by molar-refractivity contribution is 5.72. The summed E-state index contributed by atoms with van der Waals surface area (Å²) in [5, 5.41) is 9.11. The van der Waals surface area contributed by atoms with Crippen molar-refractivity contribution in [2.75, 3.05) is 13.2 Å². The van der Waals surface area contributed by atoms with E-state index in [4.69, 9.17) is 14.6 Å². The highest BCUT2D eigenvalue weighted by Crippen LogP contribution is 2.15. The lowest BCUT2D eigenvalue weighted by molar-refractivity contribution is -0.149. The minimum absolute atomic E-state index is 0.350. The van der Waals surface area contributed by atoms with Crippen LogP contribution in [0.5, 0.6) is 5.75 Å². The standard InChI is InChI=1S/C21H24O4/c1-2-24-20(21(22)23)16-18-11-13-19(14-12-18)25-15-7-6-10-17-8-4-3-5-9-17/h3-6,8-14,20H,2,7,15-16H2,1H3,(H,22,23)/b10-6+/t20-/m1/s1. The fourth-order valence-electron chi connectivity index (χ4n) is 2.38. The van der Waals surface area contributed by atoms with Gasteiger partial charge in [-0.05, 0) is 36.6 Å². The molecule has 0 aromatic heterocycles. The van der Waals surface area contributed by atoms with Gasteiger partial charge in [0.05, 0.1) is 6.61 Å². The zero-order valence-corrected chi connectivity index (χ0v) is 14.4. The Hall–Kier alpha value is -2.59. The first kappa shape index (κ1) is 18.7. The van der Waals surface area contributed by atoms with Crippen molar-refractivity contribution in [3.8, 4) is 5.75 Å². The SMILES string of the molecule is CCO[C@H](Cc1ccc(OCC/C=C/c2ccccc2)cc1)C(=O)O. The van der Waals surface area contributed by atoms with E-state index < -0.39 is 12.1 Å². The van der Waals surface area contributed by atoms with E-state index >= 15 is 0 Å². The summed E-state index contributed by atoms with van der Waals surface area (Å²) in [6.45, 7) is 2.77. The van der Waals surface area contributed by atoms with E-state index in [-0.39, 0.29) is 0 Å². The van der Waals surface area contributed by atoms with E-state index in [0.29, 0.717) is 19.6 Å². The monoisotopic (exact) mass is 340 g/mol. The Kier molecular flexibility index (Phi) is 7.73. The number of benzene rings is 2. The van der Waals surface area contributed by atoms with Crippen LogP contribution in [-0.2, 0) is 16.0 Å². The molecule has 0 fully saturated rings. The molecule has 2 aromatic carbocycles. The van der Waals surface area contributed by atoms with E-state index in [1.54, 1.807) is 6.92 Å². The van der Waals surface area contributed by atoms with Gasteiger partial charge in [-0.25, -0.2) is 4.79 Å². The molecule has 0 saturated heterocycles. The summed E-state index contributed by atoms with van der Waals surface area (Å²) < 4.78 is 10.9. The molecule has 1 atom stereocenters. The van der Waals surface area contributed by atoms with E-state index in [9.17, 15) is 4.79 Å². The number of hydrogen-bond acceptors (Lipinski definition) is 3. The molecule has 4 nitrogen and oxygen atoms in total. The molecule has 0 heterocycles. The van der Waals surface area contributed by atoms with Crippen molar-refractivity contribution in [3.63, 3.8) is 0 Å². The van der Waals surface area contributed by atoms with Crippen LogP contribution in [-0.4, -0.2) is 30.4 Å². The number of carbonyl (C=O) groups is 1. The van der Waals surface area contributed by atoms with Gasteiger partial charge in [-0.3, -0.25) is 0 Å². The first-order valence-electron chi connectivity index (χ1n) is 8.46. The minimum atomic E-state index is -0.938. The summed E-state index contributed by atoms with van der Waals surface area (Å²) in [7, 11) is 0. The van der Waals surface area contributed by atoms with Crippen molar-refractivity contribution in [2.45, 2.75) is 25.9 Å². The maximum Gasteiger partial charge on any atom is 0.333 e. The third-order valence-corrected chi connectivity index (χ3v) is 3.65. The fraction of sp³-hybridized carbons (Fsp3) is 0.286. The van der Waals surface area contributed by atoms with Gasteiger partial charge in [-0.15, -0.1) is 0 Å². The van der Waals surface area contributed by atoms with E-state index in [1.165, 1.54) is 5.56 Å². The number of rotatable bonds is 10. The Morgan fingerprint density at radius 1 is 1.12 bits per heavy atom. The normalized spacial score (nSPS) is 12.2. The molecular weight excluding hydrogens is 316 g/mol. The van der Waals surface area contributed by atoms with Gasteiger partial charge in [0.1, 0.15) is 5.75 Å². The predicted octanol–water partition coefficient (Wildman–Crippen LogP) is 4.20. The van der Waals surface area contributed by atoms with Crippen LogP contribution in [0.15, 0.2) is 60.7 Å². The lowest BCUT2D eigenvalue weighted by Crippen LogP contribution is -2.26. The third-order valence-electron chi connectivity index (χ3n) is 3.65. The van der Waals surface area contributed by atoms with Crippen molar-refractivity contribution < 1.29 is 19.4 Å². The average molecular weight is 340 g/mol. The highest BCUT2D eigenvalue weighted by atomic mass is 16.5. The summed E-state index contributed by atoms with van der Waals surface area (Å²) in [6, 6.07) is 17.6. The molecule has 1 N–H and O–H groups in total. The molecule has 0 aliphatic heterocycles. The largest absolute Gasteiger partial charge is 0.493 e. The molecule has 0 bridgehead atoms. The quantitative estimate of drug-likeness (QED) is 0.659. The number of hydrogen-bond donors (Lipinski definition) is 1. The van der Waals surface area contributed by atoms with Gasteiger partial charge in [0.25, 0.3) is 0 Å². The fourth-order valence-corrected chi connectivity index (χ4v) is 2.38.